The lowest BCUT2D eigenvalue weighted by Crippen LogP contribution is -2.14. The van der Waals surface area contributed by atoms with Crippen molar-refractivity contribution in [3.8, 4) is 0 Å². The summed E-state index contributed by atoms with van der Waals surface area (Å²) in [5.41, 5.74) is 5.54. The number of methoxy groups -OCH3 is 2. The average molecular weight is 173 g/mol. The van der Waals surface area contributed by atoms with Crippen molar-refractivity contribution >= 4 is 5.91 Å². The first-order chi connectivity index (χ1) is 5.61. The average Bonchev–Trinajstić information content (AvgIpc) is 2.05. The molecule has 2 N–H and O–H groups in total. The van der Waals surface area contributed by atoms with Crippen LogP contribution in [-0.2, 0) is 14.3 Å². The molecule has 0 rings (SSSR count). The quantitative estimate of drug-likeness (QED) is 0.484. The fraction of sp³-hybridized carbons (Fsp3) is 0.625. The number of rotatable bonds is 5. The predicted molar refractivity (Wildman–Crippen MR) is 45.4 cm³/mol. The number of amides is 1. The monoisotopic (exact) mass is 173 g/mol. The second-order valence-electron chi connectivity index (χ2n) is 2.39. The van der Waals surface area contributed by atoms with Gasteiger partial charge >= 0.3 is 0 Å². The Morgan fingerprint density at radius 1 is 1.50 bits per heavy atom. The highest BCUT2D eigenvalue weighted by Crippen LogP contribution is 2.02. The summed E-state index contributed by atoms with van der Waals surface area (Å²) in [6, 6.07) is 0. The van der Waals surface area contributed by atoms with Crippen molar-refractivity contribution in [1.29, 1.82) is 0 Å². The molecule has 12 heavy (non-hydrogen) atoms. The number of hydrogen-bond acceptors (Lipinski definition) is 3. The second-order valence-corrected chi connectivity index (χ2v) is 2.39. The lowest BCUT2D eigenvalue weighted by atomic mass is 10.2. The van der Waals surface area contributed by atoms with Crippen LogP contribution < -0.4 is 5.73 Å². The summed E-state index contributed by atoms with van der Waals surface area (Å²) in [5.74, 6) is -0.416. The van der Waals surface area contributed by atoms with Gasteiger partial charge in [0.05, 0.1) is 0 Å². The number of carbonyl (C=O) groups is 1. The van der Waals surface area contributed by atoms with Gasteiger partial charge in [0.25, 0.3) is 0 Å². The normalized spacial score (nSPS) is 12.2. The molecule has 0 saturated carbocycles. The summed E-state index contributed by atoms with van der Waals surface area (Å²) in [4.78, 5) is 10.6. The molecule has 0 unspecified atom stereocenters. The van der Waals surface area contributed by atoms with Crippen molar-refractivity contribution in [2.24, 2.45) is 5.73 Å². The minimum atomic E-state index is -0.416. The van der Waals surface area contributed by atoms with Crippen LogP contribution in [0.4, 0.5) is 0 Å². The molecule has 0 bridgehead atoms. The largest absolute Gasteiger partial charge is 0.366 e. The third-order valence-corrected chi connectivity index (χ3v) is 1.53. The van der Waals surface area contributed by atoms with E-state index in [-0.39, 0.29) is 6.29 Å². The Bertz CT molecular complexity index is 173. The third-order valence-electron chi connectivity index (χ3n) is 1.53. The summed E-state index contributed by atoms with van der Waals surface area (Å²) < 4.78 is 9.82. The van der Waals surface area contributed by atoms with Crippen molar-refractivity contribution in [2.45, 2.75) is 19.6 Å². The van der Waals surface area contributed by atoms with Crippen LogP contribution in [0.1, 0.15) is 13.3 Å². The summed E-state index contributed by atoms with van der Waals surface area (Å²) in [6.07, 6.45) is 1.92. The van der Waals surface area contributed by atoms with Crippen LogP contribution in [0.2, 0.25) is 0 Å². The number of carbonyl (C=O) groups excluding carboxylic acids is 1. The molecule has 0 aliphatic rings. The Labute approximate surface area is 72.3 Å². The summed E-state index contributed by atoms with van der Waals surface area (Å²) >= 11 is 0. The van der Waals surface area contributed by atoms with E-state index in [4.69, 9.17) is 15.2 Å². The van der Waals surface area contributed by atoms with Crippen molar-refractivity contribution in [3.63, 3.8) is 0 Å². The first kappa shape index (κ1) is 11.1. The van der Waals surface area contributed by atoms with E-state index >= 15 is 0 Å². The van der Waals surface area contributed by atoms with Gasteiger partial charge in [-0.3, -0.25) is 4.79 Å². The molecule has 4 heteroatoms. The standard InChI is InChI=1S/C8H15NO3/c1-6(8(9)10)4-5-7(11-2)12-3/h4,7H,5H2,1-3H3,(H2,9,10)/b6-4+. The Morgan fingerprint density at radius 2 is 2.00 bits per heavy atom. The molecular formula is C8H15NO3. The molecule has 0 radical (unpaired) electrons. The van der Waals surface area contributed by atoms with Crippen LogP contribution in [0.5, 0.6) is 0 Å². The van der Waals surface area contributed by atoms with E-state index in [2.05, 4.69) is 0 Å². The zero-order valence-corrected chi connectivity index (χ0v) is 7.66. The molecule has 0 aromatic rings. The van der Waals surface area contributed by atoms with Crippen molar-refractivity contribution < 1.29 is 14.3 Å². The van der Waals surface area contributed by atoms with E-state index in [1.165, 1.54) is 0 Å². The molecule has 0 aromatic heterocycles. The second kappa shape index (κ2) is 5.74. The maximum Gasteiger partial charge on any atom is 0.244 e. The Balaban J connectivity index is 3.93. The van der Waals surface area contributed by atoms with Crippen LogP contribution in [0.25, 0.3) is 0 Å². The first-order valence-corrected chi connectivity index (χ1v) is 3.64. The minimum Gasteiger partial charge on any atom is -0.366 e. The molecule has 0 fully saturated rings. The highest BCUT2D eigenvalue weighted by Gasteiger charge is 2.03. The van der Waals surface area contributed by atoms with E-state index in [1.54, 1.807) is 27.2 Å². The lowest BCUT2D eigenvalue weighted by molar-refractivity contribution is -0.114. The van der Waals surface area contributed by atoms with Gasteiger partial charge in [-0.05, 0) is 6.92 Å². The van der Waals surface area contributed by atoms with E-state index < -0.39 is 5.91 Å². The van der Waals surface area contributed by atoms with Gasteiger partial charge in [0.15, 0.2) is 6.29 Å². The molecule has 0 atom stereocenters. The van der Waals surface area contributed by atoms with Crippen LogP contribution >= 0.6 is 0 Å². The zero-order chi connectivity index (χ0) is 9.56. The number of nitrogens with two attached hydrogens (primary N) is 1. The third kappa shape index (κ3) is 4.10. The topological polar surface area (TPSA) is 61.5 Å². The zero-order valence-electron chi connectivity index (χ0n) is 7.66. The van der Waals surface area contributed by atoms with Crippen LogP contribution in [0, 0.1) is 0 Å². The van der Waals surface area contributed by atoms with Gasteiger partial charge < -0.3 is 15.2 Å². The maximum absolute atomic E-state index is 10.6. The SMILES string of the molecule is COC(C/C=C(\C)C(N)=O)OC. The number of ether oxygens (including phenoxy) is 2. The molecule has 0 saturated heterocycles. The van der Waals surface area contributed by atoms with E-state index in [9.17, 15) is 4.79 Å². The molecule has 0 heterocycles. The molecular weight excluding hydrogens is 158 g/mol. The lowest BCUT2D eigenvalue weighted by Gasteiger charge is -2.10. The highest BCUT2D eigenvalue weighted by molar-refractivity contribution is 5.91. The number of hydrogen-bond donors (Lipinski definition) is 1. The van der Waals surface area contributed by atoms with Gasteiger partial charge in [0.2, 0.25) is 5.91 Å². The highest BCUT2D eigenvalue weighted by atomic mass is 16.7. The molecule has 0 aromatic carbocycles. The molecule has 0 aliphatic heterocycles. The van der Waals surface area contributed by atoms with Gasteiger partial charge in [0, 0.05) is 26.2 Å². The van der Waals surface area contributed by atoms with Crippen LogP contribution in [0.3, 0.4) is 0 Å². The molecule has 70 valence electrons. The summed E-state index contributed by atoms with van der Waals surface area (Å²) in [7, 11) is 3.09. The minimum absolute atomic E-state index is 0.306. The van der Waals surface area contributed by atoms with Crippen molar-refractivity contribution in [2.75, 3.05) is 14.2 Å². The van der Waals surface area contributed by atoms with Crippen LogP contribution in [0.15, 0.2) is 11.6 Å². The van der Waals surface area contributed by atoms with Gasteiger partial charge in [-0.2, -0.15) is 0 Å². The van der Waals surface area contributed by atoms with Crippen LogP contribution in [-0.4, -0.2) is 26.4 Å². The van der Waals surface area contributed by atoms with Gasteiger partial charge in [-0.15, -0.1) is 0 Å². The Kier molecular flexibility index (Phi) is 5.32. The molecule has 1 amide bonds. The Morgan fingerprint density at radius 3 is 2.33 bits per heavy atom. The predicted octanol–water partition coefficient (Wildman–Crippen LogP) is 0.427. The van der Waals surface area contributed by atoms with Gasteiger partial charge in [0.1, 0.15) is 0 Å². The first-order valence-electron chi connectivity index (χ1n) is 3.64. The molecule has 0 spiro atoms. The summed E-state index contributed by atoms with van der Waals surface area (Å²) in [6.45, 7) is 1.66. The molecule has 4 nitrogen and oxygen atoms in total. The van der Waals surface area contributed by atoms with E-state index in [1.807, 2.05) is 0 Å². The fourth-order valence-corrected chi connectivity index (χ4v) is 0.662. The summed E-state index contributed by atoms with van der Waals surface area (Å²) in [5, 5.41) is 0. The Hall–Kier alpha value is -0.870. The van der Waals surface area contributed by atoms with Crippen molar-refractivity contribution in [1.82, 2.24) is 0 Å². The van der Waals surface area contributed by atoms with Crippen molar-refractivity contribution in [3.05, 3.63) is 11.6 Å². The molecule has 0 aliphatic carbocycles. The van der Waals surface area contributed by atoms with E-state index in [0.717, 1.165) is 0 Å². The maximum atomic E-state index is 10.6. The number of primary amides is 1. The fourth-order valence-electron chi connectivity index (χ4n) is 0.662. The smallest absolute Gasteiger partial charge is 0.244 e. The van der Waals surface area contributed by atoms with E-state index in [0.29, 0.717) is 12.0 Å². The van der Waals surface area contributed by atoms with Gasteiger partial charge in [-0.1, -0.05) is 6.08 Å². The van der Waals surface area contributed by atoms with Gasteiger partial charge in [-0.25, -0.2) is 0 Å².